The van der Waals surface area contributed by atoms with Gasteiger partial charge in [0.1, 0.15) is 11.5 Å². The molecule has 0 aliphatic rings. The maximum Gasteiger partial charge on any atom is 0.248 e. The van der Waals surface area contributed by atoms with Gasteiger partial charge in [0.25, 0.3) is 0 Å². The number of carbonyl (C=O) groups excluding carboxylic acids is 1. The second-order valence-corrected chi connectivity index (χ2v) is 7.33. The molecule has 0 aliphatic carbocycles. The van der Waals surface area contributed by atoms with Gasteiger partial charge in [0.15, 0.2) is 0 Å². The quantitative estimate of drug-likeness (QED) is 0.395. The Morgan fingerprint density at radius 1 is 0.969 bits per heavy atom. The fourth-order valence-corrected chi connectivity index (χ4v) is 3.38. The fraction of sp³-hybridized carbons (Fsp3) is 0.0400. The molecule has 2 aromatic heterocycles. The largest absolute Gasteiger partial charge is 0.338 e. The lowest BCUT2D eigenvalue weighted by Crippen LogP contribution is -2.07. The summed E-state index contributed by atoms with van der Waals surface area (Å²) in [5, 5.41) is 11.0. The van der Waals surface area contributed by atoms with Crippen molar-refractivity contribution in [3.8, 4) is 11.4 Å². The molecule has 7 nitrogen and oxygen atoms in total. The first-order valence-corrected chi connectivity index (χ1v) is 10.2. The van der Waals surface area contributed by atoms with E-state index in [1.54, 1.807) is 17.0 Å². The topological polar surface area (TPSA) is 88.5 Å². The molecule has 0 bridgehead atoms. The number of hydrogen-bond donors (Lipinski definition) is 2. The maximum atomic E-state index is 12.3. The number of fused-ring (bicyclic) bond motifs is 1. The third kappa shape index (κ3) is 4.46. The third-order valence-corrected chi connectivity index (χ3v) is 4.96. The molecule has 0 fully saturated rings. The number of benzene rings is 3. The second-order valence-electron chi connectivity index (χ2n) is 7.33. The van der Waals surface area contributed by atoms with E-state index in [0.29, 0.717) is 17.9 Å². The van der Waals surface area contributed by atoms with Gasteiger partial charge in [-0.3, -0.25) is 4.79 Å². The summed E-state index contributed by atoms with van der Waals surface area (Å²) in [6, 6.07) is 25.5. The molecule has 5 aromatic rings. The summed E-state index contributed by atoms with van der Waals surface area (Å²) in [5.74, 6) is 0.557. The lowest BCUT2D eigenvalue weighted by atomic mass is 10.2. The average Bonchev–Trinajstić information content (AvgIpc) is 3.46. The number of carbonyl (C=O) groups is 1. The molecule has 0 saturated heterocycles. The van der Waals surface area contributed by atoms with E-state index < -0.39 is 0 Å². The highest BCUT2D eigenvalue weighted by atomic mass is 16.1. The summed E-state index contributed by atoms with van der Waals surface area (Å²) in [6.45, 7) is 0.630. The van der Waals surface area contributed by atoms with Gasteiger partial charge in [-0.1, -0.05) is 47.7 Å². The van der Waals surface area contributed by atoms with Crippen molar-refractivity contribution in [2.45, 2.75) is 6.54 Å². The van der Waals surface area contributed by atoms with Gasteiger partial charge >= 0.3 is 0 Å². The van der Waals surface area contributed by atoms with Gasteiger partial charge in [0.05, 0.1) is 23.8 Å². The van der Waals surface area contributed by atoms with Crippen molar-refractivity contribution in [2.75, 3.05) is 5.32 Å². The first-order chi connectivity index (χ1) is 15.7. The zero-order valence-electron chi connectivity index (χ0n) is 17.1. The number of H-pyrrole nitrogens is 1. The van der Waals surface area contributed by atoms with Gasteiger partial charge in [0.2, 0.25) is 5.91 Å². The van der Waals surface area contributed by atoms with Gasteiger partial charge < -0.3 is 10.3 Å². The predicted molar refractivity (Wildman–Crippen MR) is 125 cm³/mol. The van der Waals surface area contributed by atoms with Crippen LogP contribution in [0.5, 0.6) is 0 Å². The van der Waals surface area contributed by atoms with Crippen molar-refractivity contribution in [2.24, 2.45) is 0 Å². The second kappa shape index (κ2) is 8.69. The minimum Gasteiger partial charge on any atom is -0.338 e. The molecular weight excluding hydrogens is 400 g/mol. The molecule has 2 heterocycles. The Morgan fingerprint density at radius 2 is 1.75 bits per heavy atom. The Balaban J connectivity index is 1.20. The number of aromatic nitrogens is 5. The van der Waals surface area contributed by atoms with Gasteiger partial charge in [0, 0.05) is 17.3 Å². The molecule has 156 valence electrons. The van der Waals surface area contributed by atoms with Gasteiger partial charge in [-0.2, -0.15) is 0 Å². The summed E-state index contributed by atoms with van der Waals surface area (Å²) in [7, 11) is 0. The highest BCUT2D eigenvalue weighted by Gasteiger charge is 2.06. The molecule has 3 aromatic carbocycles. The van der Waals surface area contributed by atoms with Crippen LogP contribution in [0.3, 0.4) is 0 Å². The smallest absolute Gasteiger partial charge is 0.248 e. The molecule has 2 N–H and O–H groups in total. The molecule has 0 atom stereocenters. The minimum atomic E-state index is -0.237. The maximum absolute atomic E-state index is 12.3. The number of para-hydroxylation sites is 2. The molecule has 32 heavy (non-hydrogen) atoms. The lowest BCUT2D eigenvalue weighted by molar-refractivity contribution is -0.111. The number of aromatic amines is 1. The normalized spacial score (nSPS) is 11.2. The van der Waals surface area contributed by atoms with Crippen molar-refractivity contribution in [3.05, 3.63) is 102 Å². The minimum absolute atomic E-state index is 0.237. The first-order valence-electron chi connectivity index (χ1n) is 10.2. The Labute approximate surface area is 184 Å². The summed E-state index contributed by atoms with van der Waals surface area (Å²) >= 11 is 0. The Kier molecular flexibility index (Phi) is 5.28. The summed E-state index contributed by atoms with van der Waals surface area (Å²) in [5.41, 5.74) is 5.32. The van der Waals surface area contributed by atoms with E-state index in [0.717, 1.165) is 28.0 Å². The molecule has 0 saturated carbocycles. The van der Waals surface area contributed by atoms with Crippen LogP contribution in [0.25, 0.3) is 28.5 Å². The average molecular weight is 420 g/mol. The van der Waals surface area contributed by atoms with Crippen LogP contribution in [0.4, 0.5) is 5.69 Å². The molecule has 5 rings (SSSR count). The number of nitrogens with zero attached hydrogens (tertiary/aromatic N) is 4. The summed E-state index contributed by atoms with van der Waals surface area (Å²) in [4.78, 5) is 20.2. The summed E-state index contributed by atoms with van der Waals surface area (Å²) in [6.07, 6.45) is 4.90. The van der Waals surface area contributed by atoms with Gasteiger partial charge in [-0.25, -0.2) is 9.67 Å². The molecule has 0 unspecified atom stereocenters. The van der Waals surface area contributed by atoms with E-state index in [9.17, 15) is 4.79 Å². The highest BCUT2D eigenvalue weighted by Crippen LogP contribution is 2.22. The van der Waals surface area contributed by atoms with E-state index in [1.807, 2.05) is 78.9 Å². The first kappa shape index (κ1) is 19.4. The third-order valence-electron chi connectivity index (χ3n) is 4.96. The van der Waals surface area contributed by atoms with E-state index in [2.05, 4.69) is 25.6 Å². The van der Waals surface area contributed by atoms with Crippen LogP contribution in [0.2, 0.25) is 0 Å². The zero-order valence-corrected chi connectivity index (χ0v) is 17.1. The lowest BCUT2D eigenvalue weighted by Gasteiger charge is -2.03. The van der Waals surface area contributed by atoms with E-state index in [4.69, 9.17) is 0 Å². The van der Waals surface area contributed by atoms with E-state index in [1.165, 1.54) is 6.08 Å². The monoisotopic (exact) mass is 420 g/mol. The number of rotatable bonds is 6. The van der Waals surface area contributed by atoms with Gasteiger partial charge in [-0.05, 0) is 48.0 Å². The summed E-state index contributed by atoms with van der Waals surface area (Å²) < 4.78 is 1.74. The van der Waals surface area contributed by atoms with E-state index >= 15 is 0 Å². The van der Waals surface area contributed by atoms with Crippen molar-refractivity contribution >= 4 is 28.7 Å². The fourth-order valence-electron chi connectivity index (χ4n) is 3.38. The number of imidazole rings is 1. The molecule has 0 spiro atoms. The van der Waals surface area contributed by atoms with Crippen molar-refractivity contribution in [1.82, 2.24) is 25.0 Å². The van der Waals surface area contributed by atoms with Crippen LogP contribution >= 0.6 is 0 Å². The van der Waals surface area contributed by atoms with Crippen molar-refractivity contribution < 1.29 is 4.79 Å². The number of amides is 1. The highest BCUT2D eigenvalue weighted by molar-refractivity contribution is 6.01. The Hall–Kier alpha value is -4.52. The van der Waals surface area contributed by atoms with Crippen LogP contribution in [-0.2, 0) is 11.3 Å². The number of nitrogens with one attached hydrogen (secondary N) is 2. The van der Waals surface area contributed by atoms with Gasteiger partial charge in [-0.15, -0.1) is 5.10 Å². The standard InChI is InChI=1S/C25H20N6O/c32-24(15-14-21-17-31(30-29-21)16-18-6-2-1-3-7-18)26-20-12-10-19(11-13-20)25-27-22-8-4-5-9-23(22)28-25/h1-15,17H,16H2,(H,26,32)(H,27,28)/b15-14+. The predicted octanol–water partition coefficient (Wildman–Crippen LogP) is 4.52. The molecule has 1 amide bonds. The molecule has 7 heteroatoms. The van der Waals surface area contributed by atoms with Crippen molar-refractivity contribution in [1.29, 1.82) is 0 Å². The molecular formula is C25H20N6O. The van der Waals surface area contributed by atoms with Crippen LogP contribution in [0.15, 0.2) is 91.1 Å². The SMILES string of the molecule is O=C(/C=C/c1cn(Cc2ccccc2)nn1)Nc1ccc(-c2nc3ccccc3[nH]2)cc1. The molecule has 0 aliphatic heterocycles. The van der Waals surface area contributed by atoms with Crippen LogP contribution in [0, 0.1) is 0 Å². The zero-order chi connectivity index (χ0) is 21.8. The number of anilines is 1. The number of hydrogen-bond acceptors (Lipinski definition) is 4. The van der Waals surface area contributed by atoms with Crippen molar-refractivity contribution in [3.63, 3.8) is 0 Å². The van der Waals surface area contributed by atoms with Crippen LogP contribution in [0.1, 0.15) is 11.3 Å². The Bertz CT molecular complexity index is 1350. The molecule has 0 radical (unpaired) electrons. The van der Waals surface area contributed by atoms with E-state index in [-0.39, 0.29) is 5.91 Å². The van der Waals surface area contributed by atoms with Crippen LogP contribution in [-0.4, -0.2) is 30.9 Å². The Morgan fingerprint density at radius 3 is 2.56 bits per heavy atom. The van der Waals surface area contributed by atoms with Crippen LogP contribution < -0.4 is 5.32 Å².